The average Bonchev–Trinajstić information content (AvgIpc) is 2.60. The number of carbonyl (C=O) groups excluding carboxylic acids is 1. The van der Waals surface area contributed by atoms with E-state index >= 15 is 0 Å². The minimum atomic E-state index is -0.203. The van der Waals surface area contributed by atoms with Crippen molar-refractivity contribution in [1.82, 2.24) is 10.3 Å². The third kappa shape index (κ3) is 1.79. The van der Waals surface area contributed by atoms with E-state index in [-0.39, 0.29) is 11.3 Å². The number of hydrogen-bond donors (Lipinski definition) is 1. The van der Waals surface area contributed by atoms with Crippen LogP contribution >= 0.6 is 0 Å². The topological polar surface area (TPSA) is 51.2 Å². The Morgan fingerprint density at radius 3 is 2.93 bits per heavy atom. The molecule has 1 atom stereocenters. The van der Waals surface area contributed by atoms with E-state index in [4.69, 9.17) is 4.74 Å². The highest BCUT2D eigenvalue weighted by Crippen LogP contribution is 2.30. The van der Waals surface area contributed by atoms with Gasteiger partial charge in [-0.25, -0.2) is 4.98 Å². The van der Waals surface area contributed by atoms with E-state index in [0.717, 1.165) is 5.69 Å². The van der Waals surface area contributed by atoms with E-state index in [1.54, 1.807) is 13.2 Å². The Morgan fingerprint density at radius 1 is 1.53 bits per heavy atom. The standard InChI is InChI=1S/C11H14N2O2/c1-11(6-9(14)12-7-11)8-4-3-5-10(13-8)15-2/h3-5H,6-7H2,1-2H3,(H,12,14). The van der Waals surface area contributed by atoms with Crippen LogP contribution in [-0.4, -0.2) is 24.5 Å². The fourth-order valence-corrected chi connectivity index (χ4v) is 1.82. The smallest absolute Gasteiger partial charge is 0.221 e. The molecule has 1 N–H and O–H groups in total. The molecule has 15 heavy (non-hydrogen) atoms. The molecule has 1 aromatic heterocycles. The third-order valence-corrected chi connectivity index (χ3v) is 2.78. The first-order valence-corrected chi connectivity index (χ1v) is 4.92. The maximum absolute atomic E-state index is 11.2. The van der Waals surface area contributed by atoms with E-state index in [9.17, 15) is 4.79 Å². The van der Waals surface area contributed by atoms with E-state index in [2.05, 4.69) is 10.3 Å². The van der Waals surface area contributed by atoms with Crippen LogP contribution in [0.5, 0.6) is 5.88 Å². The van der Waals surface area contributed by atoms with Crippen molar-refractivity contribution < 1.29 is 9.53 Å². The SMILES string of the molecule is COc1cccc(C2(C)CNC(=O)C2)n1. The molecule has 1 aliphatic heterocycles. The van der Waals surface area contributed by atoms with Crippen molar-refractivity contribution in [1.29, 1.82) is 0 Å². The van der Waals surface area contributed by atoms with Crippen LogP contribution in [0.4, 0.5) is 0 Å². The van der Waals surface area contributed by atoms with Gasteiger partial charge in [0.1, 0.15) is 0 Å². The summed E-state index contributed by atoms with van der Waals surface area (Å²) in [5, 5.41) is 2.83. The summed E-state index contributed by atoms with van der Waals surface area (Å²) in [6.07, 6.45) is 0.493. The zero-order valence-electron chi connectivity index (χ0n) is 8.91. The van der Waals surface area contributed by atoms with Gasteiger partial charge in [-0.05, 0) is 6.07 Å². The van der Waals surface area contributed by atoms with Crippen LogP contribution in [0.25, 0.3) is 0 Å². The van der Waals surface area contributed by atoms with Gasteiger partial charge >= 0.3 is 0 Å². The highest BCUT2D eigenvalue weighted by molar-refractivity contribution is 5.80. The molecule has 1 aliphatic rings. The zero-order valence-corrected chi connectivity index (χ0v) is 8.91. The molecule has 1 amide bonds. The molecule has 1 saturated heterocycles. The van der Waals surface area contributed by atoms with Crippen molar-refractivity contribution in [2.24, 2.45) is 0 Å². The molecular weight excluding hydrogens is 192 g/mol. The molecule has 1 unspecified atom stereocenters. The van der Waals surface area contributed by atoms with Crippen LogP contribution in [0.1, 0.15) is 19.0 Å². The van der Waals surface area contributed by atoms with Crippen molar-refractivity contribution in [3.63, 3.8) is 0 Å². The largest absolute Gasteiger partial charge is 0.481 e. The molecule has 4 heteroatoms. The molecule has 0 bridgehead atoms. The van der Waals surface area contributed by atoms with Crippen LogP contribution in [0, 0.1) is 0 Å². The Labute approximate surface area is 88.7 Å². The maximum Gasteiger partial charge on any atom is 0.221 e. The van der Waals surface area contributed by atoms with Gasteiger partial charge in [-0.2, -0.15) is 0 Å². The first-order valence-electron chi connectivity index (χ1n) is 4.92. The first kappa shape index (κ1) is 9.96. The number of nitrogens with zero attached hydrogens (tertiary/aromatic N) is 1. The number of aromatic nitrogens is 1. The quantitative estimate of drug-likeness (QED) is 0.781. The molecule has 2 heterocycles. The number of ether oxygens (including phenoxy) is 1. The highest BCUT2D eigenvalue weighted by atomic mass is 16.5. The molecule has 0 aliphatic carbocycles. The number of hydrogen-bond acceptors (Lipinski definition) is 3. The van der Waals surface area contributed by atoms with Gasteiger partial charge in [0, 0.05) is 24.4 Å². The van der Waals surface area contributed by atoms with Crippen molar-refractivity contribution in [3.05, 3.63) is 23.9 Å². The lowest BCUT2D eigenvalue weighted by molar-refractivity contribution is -0.119. The van der Waals surface area contributed by atoms with Gasteiger partial charge in [-0.15, -0.1) is 0 Å². The van der Waals surface area contributed by atoms with Gasteiger partial charge < -0.3 is 10.1 Å². The predicted molar refractivity (Wildman–Crippen MR) is 55.8 cm³/mol. The zero-order chi connectivity index (χ0) is 10.9. The molecule has 2 rings (SSSR count). The van der Waals surface area contributed by atoms with Crippen LogP contribution in [-0.2, 0) is 10.2 Å². The van der Waals surface area contributed by atoms with E-state index < -0.39 is 0 Å². The minimum absolute atomic E-state index is 0.0853. The van der Waals surface area contributed by atoms with Crippen molar-refractivity contribution in [2.75, 3.05) is 13.7 Å². The van der Waals surface area contributed by atoms with Crippen LogP contribution in [0.15, 0.2) is 18.2 Å². The number of nitrogens with one attached hydrogen (secondary N) is 1. The second-order valence-corrected chi connectivity index (χ2v) is 4.08. The summed E-state index contributed by atoms with van der Waals surface area (Å²) in [4.78, 5) is 15.6. The summed E-state index contributed by atoms with van der Waals surface area (Å²) in [5.74, 6) is 0.676. The lowest BCUT2D eigenvalue weighted by atomic mass is 9.85. The Morgan fingerprint density at radius 2 is 2.33 bits per heavy atom. The maximum atomic E-state index is 11.2. The van der Waals surface area contributed by atoms with Gasteiger partial charge in [0.2, 0.25) is 11.8 Å². The van der Waals surface area contributed by atoms with E-state index in [0.29, 0.717) is 18.8 Å². The van der Waals surface area contributed by atoms with Gasteiger partial charge in [0.15, 0.2) is 0 Å². The molecule has 0 radical (unpaired) electrons. The Balaban J connectivity index is 2.32. The monoisotopic (exact) mass is 206 g/mol. The van der Waals surface area contributed by atoms with E-state index in [1.807, 2.05) is 19.1 Å². The van der Waals surface area contributed by atoms with Gasteiger partial charge in [0.25, 0.3) is 0 Å². The van der Waals surface area contributed by atoms with Crippen LogP contribution in [0.3, 0.4) is 0 Å². The summed E-state index contributed by atoms with van der Waals surface area (Å²) in [6, 6.07) is 5.63. The molecule has 0 spiro atoms. The lowest BCUT2D eigenvalue weighted by Crippen LogP contribution is -2.26. The molecule has 0 saturated carbocycles. The summed E-state index contributed by atoms with van der Waals surface area (Å²) in [7, 11) is 1.59. The molecule has 1 fully saturated rings. The second kappa shape index (κ2) is 3.53. The highest BCUT2D eigenvalue weighted by Gasteiger charge is 2.36. The number of pyridine rings is 1. The number of methoxy groups -OCH3 is 1. The summed E-state index contributed by atoms with van der Waals surface area (Å²) < 4.78 is 5.07. The summed E-state index contributed by atoms with van der Waals surface area (Å²) in [6.45, 7) is 2.68. The first-order chi connectivity index (χ1) is 7.14. The van der Waals surface area contributed by atoms with Crippen molar-refractivity contribution in [3.8, 4) is 5.88 Å². The second-order valence-electron chi connectivity index (χ2n) is 4.08. The van der Waals surface area contributed by atoms with Gasteiger partial charge in [-0.1, -0.05) is 13.0 Å². The molecule has 0 aromatic carbocycles. The molecular formula is C11H14N2O2. The van der Waals surface area contributed by atoms with Crippen molar-refractivity contribution >= 4 is 5.91 Å². The van der Waals surface area contributed by atoms with Crippen molar-refractivity contribution in [2.45, 2.75) is 18.8 Å². The predicted octanol–water partition coefficient (Wildman–Crippen LogP) is 0.868. The average molecular weight is 206 g/mol. The fraction of sp³-hybridized carbons (Fsp3) is 0.455. The van der Waals surface area contributed by atoms with Crippen LogP contribution in [0.2, 0.25) is 0 Å². The Bertz CT molecular complexity index is 392. The number of carbonyl (C=O) groups is 1. The Hall–Kier alpha value is -1.58. The van der Waals surface area contributed by atoms with E-state index in [1.165, 1.54) is 0 Å². The lowest BCUT2D eigenvalue weighted by Gasteiger charge is -2.20. The molecule has 1 aromatic rings. The number of amides is 1. The summed E-state index contributed by atoms with van der Waals surface area (Å²) in [5.41, 5.74) is 0.700. The Kier molecular flexibility index (Phi) is 2.34. The minimum Gasteiger partial charge on any atom is -0.481 e. The molecule has 80 valence electrons. The van der Waals surface area contributed by atoms with Gasteiger partial charge in [0.05, 0.1) is 12.8 Å². The summed E-state index contributed by atoms with van der Waals surface area (Å²) >= 11 is 0. The van der Waals surface area contributed by atoms with Crippen LogP contribution < -0.4 is 10.1 Å². The third-order valence-electron chi connectivity index (χ3n) is 2.78. The van der Waals surface area contributed by atoms with Gasteiger partial charge in [-0.3, -0.25) is 4.79 Å². The number of rotatable bonds is 2. The molecule has 4 nitrogen and oxygen atoms in total. The fourth-order valence-electron chi connectivity index (χ4n) is 1.82. The normalized spacial score (nSPS) is 25.1.